The molecule has 1 rings (SSSR count). The summed E-state index contributed by atoms with van der Waals surface area (Å²) in [6.07, 6.45) is 3.06. The lowest BCUT2D eigenvalue weighted by Gasteiger charge is -2.22. The van der Waals surface area contributed by atoms with Gasteiger partial charge in [-0.1, -0.05) is 19.4 Å². The molecule has 1 atom stereocenters. The third kappa shape index (κ3) is 5.04. The molecule has 0 aliphatic heterocycles. The maximum atomic E-state index is 12.1. The zero-order valence-electron chi connectivity index (χ0n) is 12.6. The van der Waals surface area contributed by atoms with Crippen LogP contribution in [0.25, 0.3) is 0 Å². The van der Waals surface area contributed by atoms with Gasteiger partial charge in [0, 0.05) is 17.8 Å². The zero-order valence-corrected chi connectivity index (χ0v) is 12.6. The summed E-state index contributed by atoms with van der Waals surface area (Å²) < 4.78 is 0. The fourth-order valence-corrected chi connectivity index (χ4v) is 1.88. The number of carbonyl (C=O) groups is 2. The first-order chi connectivity index (χ1) is 9.90. The topological polar surface area (TPSA) is 84.2 Å². The van der Waals surface area contributed by atoms with Gasteiger partial charge in [0.15, 0.2) is 0 Å². The molecule has 1 aromatic carbocycles. The van der Waals surface area contributed by atoms with Gasteiger partial charge in [-0.25, -0.2) is 0 Å². The maximum absolute atomic E-state index is 12.1. The summed E-state index contributed by atoms with van der Waals surface area (Å²) in [6.45, 7) is 7.65. The van der Waals surface area contributed by atoms with Gasteiger partial charge in [-0.15, -0.1) is 6.58 Å². The van der Waals surface area contributed by atoms with Crippen molar-refractivity contribution in [1.82, 2.24) is 5.32 Å². The molecule has 0 radical (unpaired) electrons. The van der Waals surface area contributed by atoms with Gasteiger partial charge in [-0.05, 0) is 37.6 Å². The van der Waals surface area contributed by atoms with Crippen molar-refractivity contribution in [3.05, 3.63) is 42.5 Å². The monoisotopic (exact) mass is 289 g/mol. The highest BCUT2D eigenvalue weighted by Gasteiger charge is 2.27. The molecule has 5 heteroatoms. The van der Waals surface area contributed by atoms with Crippen LogP contribution in [0.2, 0.25) is 0 Å². The fourth-order valence-electron chi connectivity index (χ4n) is 1.88. The van der Waals surface area contributed by atoms with E-state index < -0.39 is 5.54 Å². The number of hydrogen-bond acceptors (Lipinski definition) is 3. The highest BCUT2D eigenvalue weighted by molar-refractivity contribution is 5.98. The number of hydrogen-bond donors (Lipinski definition) is 3. The van der Waals surface area contributed by atoms with Crippen molar-refractivity contribution < 1.29 is 9.59 Å². The van der Waals surface area contributed by atoms with E-state index in [1.165, 1.54) is 0 Å². The number of benzene rings is 1. The molecule has 0 saturated carbocycles. The molecular formula is C16H23N3O2. The van der Waals surface area contributed by atoms with E-state index in [4.69, 9.17) is 5.73 Å². The molecule has 114 valence electrons. The van der Waals surface area contributed by atoms with E-state index in [1.54, 1.807) is 37.3 Å². The summed E-state index contributed by atoms with van der Waals surface area (Å²) >= 11 is 0. The number of carbonyl (C=O) groups excluding carboxylic acids is 2. The van der Waals surface area contributed by atoms with Crippen LogP contribution in [-0.4, -0.2) is 23.9 Å². The molecule has 0 saturated heterocycles. The number of nitrogens with one attached hydrogen (secondary N) is 2. The van der Waals surface area contributed by atoms with E-state index in [-0.39, 0.29) is 11.8 Å². The van der Waals surface area contributed by atoms with E-state index in [9.17, 15) is 9.59 Å². The lowest BCUT2D eigenvalue weighted by molar-refractivity contribution is -0.120. The minimum atomic E-state index is -0.894. The highest BCUT2D eigenvalue weighted by atomic mass is 16.2. The molecule has 0 aliphatic carbocycles. The van der Waals surface area contributed by atoms with Crippen molar-refractivity contribution in [1.29, 1.82) is 0 Å². The Morgan fingerprint density at radius 1 is 1.33 bits per heavy atom. The molecule has 0 bridgehead atoms. The molecular weight excluding hydrogens is 266 g/mol. The van der Waals surface area contributed by atoms with Crippen LogP contribution in [0.5, 0.6) is 0 Å². The summed E-state index contributed by atoms with van der Waals surface area (Å²) in [6, 6.07) is 6.68. The highest BCUT2D eigenvalue weighted by Crippen LogP contribution is 2.14. The van der Waals surface area contributed by atoms with Gasteiger partial charge in [0.2, 0.25) is 5.91 Å². The van der Waals surface area contributed by atoms with Gasteiger partial charge < -0.3 is 16.4 Å². The molecule has 0 aromatic heterocycles. The molecule has 0 spiro atoms. The van der Waals surface area contributed by atoms with Crippen molar-refractivity contribution in [2.24, 2.45) is 5.73 Å². The Labute approximate surface area is 125 Å². The Balaban J connectivity index is 2.68. The second kappa shape index (κ2) is 7.59. The standard InChI is InChI=1S/C16H23N3O2/c1-4-10-16(3,17)15(21)19-13-8-6-12(7-9-13)14(20)18-11-5-2/h5-9H,2,4,10-11,17H2,1,3H3,(H,18,20)(H,19,21). The third-order valence-corrected chi connectivity index (χ3v) is 3.10. The first-order valence-corrected chi connectivity index (χ1v) is 7.00. The van der Waals surface area contributed by atoms with Crippen LogP contribution in [0.1, 0.15) is 37.0 Å². The molecule has 2 amide bonds. The number of amides is 2. The van der Waals surface area contributed by atoms with Crippen molar-refractivity contribution in [2.45, 2.75) is 32.2 Å². The van der Waals surface area contributed by atoms with Gasteiger partial charge in [-0.3, -0.25) is 9.59 Å². The summed E-state index contributed by atoms with van der Waals surface area (Å²) in [5.74, 6) is -0.407. The van der Waals surface area contributed by atoms with E-state index in [0.29, 0.717) is 24.2 Å². The molecule has 4 N–H and O–H groups in total. The summed E-state index contributed by atoms with van der Waals surface area (Å²) in [7, 11) is 0. The van der Waals surface area contributed by atoms with Gasteiger partial charge in [0.05, 0.1) is 5.54 Å². The number of anilines is 1. The van der Waals surface area contributed by atoms with Crippen LogP contribution in [0, 0.1) is 0 Å². The predicted octanol–water partition coefficient (Wildman–Crippen LogP) is 2.06. The maximum Gasteiger partial charge on any atom is 0.251 e. The molecule has 0 heterocycles. The Kier molecular flexibility index (Phi) is 6.11. The van der Waals surface area contributed by atoms with Crippen molar-refractivity contribution in [3.8, 4) is 0 Å². The van der Waals surface area contributed by atoms with Crippen LogP contribution in [0.3, 0.4) is 0 Å². The van der Waals surface area contributed by atoms with Crippen LogP contribution < -0.4 is 16.4 Å². The van der Waals surface area contributed by atoms with Gasteiger partial charge in [0.25, 0.3) is 5.91 Å². The molecule has 1 aromatic rings. The molecule has 0 fully saturated rings. The largest absolute Gasteiger partial charge is 0.349 e. The lowest BCUT2D eigenvalue weighted by atomic mass is 9.96. The second-order valence-electron chi connectivity index (χ2n) is 5.20. The predicted molar refractivity (Wildman–Crippen MR) is 85.1 cm³/mol. The Morgan fingerprint density at radius 2 is 1.95 bits per heavy atom. The lowest BCUT2D eigenvalue weighted by Crippen LogP contribution is -2.48. The Bertz CT molecular complexity index is 507. The number of nitrogens with two attached hydrogens (primary N) is 1. The quantitative estimate of drug-likeness (QED) is 0.672. The van der Waals surface area contributed by atoms with Crippen LogP contribution in [-0.2, 0) is 4.79 Å². The molecule has 21 heavy (non-hydrogen) atoms. The van der Waals surface area contributed by atoms with Crippen molar-refractivity contribution >= 4 is 17.5 Å². The Morgan fingerprint density at radius 3 is 2.48 bits per heavy atom. The van der Waals surface area contributed by atoms with E-state index >= 15 is 0 Å². The molecule has 5 nitrogen and oxygen atoms in total. The van der Waals surface area contributed by atoms with Gasteiger partial charge in [0.1, 0.15) is 0 Å². The van der Waals surface area contributed by atoms with E-state index in [1.807, 2.05) is 6.92 Å². The Hall–Kier alpha value is -2.14. The second-order valence-corrected chi connectivity index (χ2v) is 5.20. The third-order valence-electron chi connectivity index (χ3n) is 3.10. The van der Waals surface area contributed by atoms with Crippen molar-refractivity contribution in [2.75, 3.05) is 11.9 Å². The minimum absolute atomic E-state index is 0.178. The molecule has 1 unspecified atom stereocenters. The SMILES string of the molecule is C=CCNC(=O)c1ccc(NC(=O)C(C)(N)CCC)cc1. The smallest absolute Gasteiger partial charge is 0.251 e. The summed E-state index contributed by atoms with van der Waals surface area (Å²) in [5, 5.41) is 5.45. The average molecular weight is 289 g/mol. The van der Waals surface area contributed by atoms with Crippen molar-refractivity contribution in [3.63, 3.8) is 0 Å². The molecule has 0 aliphatic rings. The normalized spacial score (nSPS) is 13.1. The summed E-state index contributed by atoms with van der Waals surface area (Å²) in [5.41, 5.74) is 6.22. The average Bonchev–Trinajstić information content (AvgIpc) is 2.45. The van der Waals surface area contributed by atoms with Crippen LogP contribution >= 0.6 is 0 Å². The zero-order chi connectivity index (χ0) is 15.9. The van der Waals surface area contributed by atoms with Gasteiger partial charge in [-0.2, -0.15) is 0 Å². The fraction of sp³-hybridized carbons (Fsp3) is 0.375. The van der Waals surface area contributed by atoms with E-state index in [2.05, 4.69) is 17.2 Å². The van der Waals surface area contributed by atoms with E-state index in [0.717, 1.165) is 6.42 Å². The number of rotatable bonds is 7. The minimum Gasteiger partial charge on any atom is -0.349 e. The van der Waals surface area contributed by atoms with Gasteiger partial charge >= 0.3 is 0 Å². The van der Waals surface area contributed by atoms with Crippen LogP contribution in [0.15, 0.2) is 36.9 Å². The first-order valence-electron chi connectivity index (χ1n) is 7.00. The van der Waals surface area contributed by atoms with Crippen LogP contribution in [0.4, 0.5) is 5.69 Å². The summed E-state index contributed by atoms with van der Waals surface area (Å²) in [4.78, 5) is 23.8. The first kappa shape index (κ1) is 16.9.